The van der Waals surface area contributed by atoms with Gasteiger partial charge in [-0.25, -0.2) is 0 Å². The van der Waals surface area contributed by atoms with E-state index in [0.29, 0.717) is 17.1 Å². The first-order valence-electron chi connectivity index (χ1n) is 9.42. The number of amides is 1. The van der Waals surface area contributed by atoms with Gasteiger partial charge >= 0.3 is 0 Å². The Labute approximate surface area is 171 Å². The summed E-state index contributed by atoms with van der Waals surface area (Å²) in [6.07, 6.45) is 4.17. The van der Waals surface area contributed by atoms with Crippen LogP contribution in [-0.2, 0) is 13.0 Å². The van der Waals surface area contributed by atoms with Gasteiger partial charge < -0.3 is 10.2 Å². The maximum atomic E-state index is 12.5. The van der Waals surface area contributed by atoms with Gasteiger partial charge in [-0.2, -0.15) is 0 Å². The summed E-state index contributed by atoms with van der Waals surface area (Å²) in [4.78, 5) is 19.0. The second-order valence-electron chi connectivity index (χ2n) is 6.56. The van der Waals surface area contributed by atoms with Crippen LogP contribution in [-0.4, -0.2) is 24.0 Å². The molecule has 5 heteroatoms. The van der Waals surface area contributed by atoms with Crippen LogP contribution in [0.2, 0.25) is 5.02 Å². The third-order valence-electron chi connectivity index (χ3n) is 4.56. The highest BCUT2D eigenvalue weighted by Crippen LogP contribution is 2.17. The Morgan fingerprint density at radius 3 is 2.50 bits per heavy atom. The number of anilines is 1. The lowest BCUT2D eigenvalue weighted by Gasteiger charge is -2.23. The van der Waals surface area contributed by atoms with E-state index in [2.05, 4.69) is 34.3 Å². The molecule has 144 valence electrons. The highest BCUT2D eigenvalue weighted by Gasteiger charge is 2.11. The standard InChI is InChI=1S/C23H24ClN3O/c1-2-27(17-19-6-4-3-5-7-19)22-14-20(15-25-16-22)23(28)26-13-12-18-8-10-21(24)11-9-18/h3-11,14-16H,2,12-13,17H2,1H3,(H,26,28). The molecule has 1 aromatic heterocycles. The van der Waals surface area contributed by atoms with E-state index in [0.717, 1.165) is 30.8 Å². The number of hydrogen-bond acceptors (Lipinski definition) is 3. The highest BCUT2D eigenvalue weighted by atomic mass is 35.5. The average Bonchev–Trinajstić information content (AvgIpc) is 2.74. The molecule has 1 amide bonds. The van der Waals surface area contributed by atoms with Crippen molar-refractivity contribution in [2.75, 3.05) is 18.0 Å². The van der Waals surface area contributed by atoms with Gasteiger partial charge in [-0.1, -0.05) is 54.1 Å². The van der Waals surface area contributed by atoms with Gasteiger partial charge in [0.15, 0.2) is 0 Å². The molecule has 3 aromatic rings. The van der Waals surface area contributed by atoms with Crippen molar-refractivity contribution >= 4 is 23.2 Å². The number of carbonyl (C=O) groups excluding carboxylic acids is 1. The summed E-state index contributed by atoms with van der Waals surface area (Å²) in [5.41, 5.74) is 3.87. The molecule has 0 radical (unpaired) electrons. The lowest BCUT2D eigenvalue weighted by atomic mass is 10.1. The molecule has 0 fully saturated rings. The third-order valence-corrected chi connectivity index (χ3v) is 4.81. The van der Waals surface area contributed by atoms with Gasteiger partial charge in [0.25, 0.3) is 5.91 Å². The molecular weight excluding hydrogens is 370 g/mol. The minimum Gasteiger partial charge on any atom is -0.366 e. The molecule has 0 bridgehead atoms. The number of nitrogens with one attached hydrogen (secondary N) is 1. The zero-order valence-corrected chi connectivity index (χ0v) is 16.7. The number of benzene rings is 2. The number of rotatable bonds is 8. The van der Waals surface area contributed by atoms with E-state index in [1.54, 1.807) is 12.4 Å². The molecule has 0 saturated carbocycles. The highest BCUT2D eigenvalue weighted by molar-refractivity contribution is 6.30. The second-order valence-corrected chi connectivity index (χ2v) is 7.00. The predicted molar refractivity (Wildman–Crippen MR) is 115 cm³/mol. The summed E-state index contributed by atoms with van der Waals surface area (Å²) < 4.78 is 0. The molecule has 2 aromatic carbocycles. The van der Waals surface area contributed by atoms with Gasteiger partial charge in [0.05, 0.1) is 17.4 Å². The minimum absolute atomic E-state index is 0.112. The van der Waals surface area contributed by atoms with Crippen LogP contribution in [0.5, 0.6) is 0 Å². The molecule has 0 aliphatic rings. The summed E-state index contributed by atoms with van der Waals surface area (Å²) in [6.45, 7) is 4.27. The molecule has 0 spiro atoms. The van der Waals surface area contributed by atoms with Crippen molar-refractivity contribution < 1.29 is 4.79 Å². The van der Waals surface area contributed by atoms with E-state index in [1.165, 1.54) is 5.56 Å². The fourth-order valence-corrected chi connectivity index (χ4v) is 3.11. The minimum atomic E-state index is -0.112. The molecule has 28 heavy (non-hydrogen) atoms. The van der Waals surface area contributed by atoms with Crippen LogP contribution in [0.25, 0.3) is 0 Å². The van der Waals surface area contributed by atoms with Crippen molar-refractivity contribution in [3.8, 4) is 0 Å². The summed E-state index contributed by atoms with van der Waals surface area (Å²) >= 11 is 5.90. The SMILES string of the molecule is CCN(Cc1ccccc1)c1cncc(C(=O)NCCc2ccc(Cl)cc2)c1. The lowest BCUT2D eigenvalue weighted by molar-refractivity contribution is 0.0954. The van der Waals surface area contributed by atoms with Gasteiger partial charge in [0.1, 0.15) is 0 Å². The fraction of sp³-hybridized carbons (Fsp3) is 0.217. The first-order chi connectivity index (χ1) is 13.7. The Hall–Kier alpha value is -2.85. The van der Waals surface area contributed by atoms with Crippen LogP contribution in [0.15, 0.2) is 73.1 Å². The van der Waals surface area contributed by atoms with Gasteiger partial charge in [0, 0.05) is 30.9 Å². The fourth-order valence-electron chi connectivity index (χ4n) is 2.99. The predicted octanol–water partition coefficient (Wildman–Crippen LogP) is 4.73. The van der Waals surface area contributed by atoms with Crippen LogP contribution in [0, 0.1) is 0 Å². The molecule has 0 atom stereocenters. The van der Waals surface area contributed by atoms with Crippen LogP contribution in [0.1, 0.15) is 28.4 Å². The van der Waals surface area contributed by atoms with E-state index in [-0.39, 0.29) is 5.91 Å². The van der Waals surface area contributed by atoms with Crippen LogP contribution >= 0.6 is 11.6 Å². The Morgan fingerprint density at radius 1 is 1.04 bits per heavy atom. The summed E-state index contributed by atoms with van der Waals surface area (Å²) in [5, 5.41) is 3.68. The Morgan fingerprint density at radius 2 is 1.79 bits per heavy atom. The maximum absolute atomic E-state index is 12.5. The van der Waals surface area contributed by atoms with Crippen molar-refractivity contribution in [3.05, 3.63) is 94.8 Å². The molecule has 1 heterocycles. The number of pyridine rings is 1. The summed E-state index contributed by atoms with van der Waals surface area (Å²) in [5.74, 6) is -0.112. The van der Waals surface area contributed by atoms with Crippen LogP contribution in [0.3, 0.4) is 0 Å². The van der Waals surface area contributed by atoms with E-state index < -0.39 is 0 Å². The van der Waals surface area contributed by atoms with Crippen LogP contribution < -0.4 is 10.2 Å². The molecule has 3 rings (SSSR count). The summed E-state index contributed by atoms with van der Waals surface area (Å²) in [7, 11) is 0. The lowest BCUT2D eigenvalue weighted by Crippen LogP contribution is -2.27. The molecule has 0 unspecified atom stereocenters. The molecule has 0 saturated heterocycles. The Balaban J connectivity index is 1.61. The first-order valence-corrected chi connectivity index (χ1v) is 9.80. The van der Waals surface area contributed by atoms with Crippen LogP contribution in [0.4, 0.5) is 5.69 Å². The van der Waals surface area contributed by atoms with Gasteiger partial charge in [-0.15, -0.1) is 0 Å². The smallest absolute Gasteiger partial charge is 0.252 e. The largest absolute Gasteiger partial charge is 0.366 e. The van der Waals surface area contributed by atoms with E-state index in [9.17, 15) is 4.79 Å². The van der Waals surface area contributed by atoms with Crippen molar-refractivity contribution in [1.82, 2.24) is 10.3 Å². The monoisotopic (exact) mass is 393 g/mol. The number of hydrogen-bond donors (Lipinski definition) is 1. The van der Waals surface area contributed by atoms with Crippen molar-refractivity contribution in [3.63, 3.8) is 0 Å². The van der Waals surface area contributed by atoms with Crippen molar-refractivity contribution in [1.29, 1.82) is 0 Å². The third kappa shape index (κ3) is 5.57. The zero-order valence-electron chi connectivity index (χ0n) is 15.9. The maximum Gasteiger partial charge on any atom is 0.252 e. The second kappa shape index (κ2) is 9.90. The quantitative estimate of drug-likeness (QED) is 0.601. The first kappa shape index (κ1) is 19.9. The summed E-state index contributed by atoms with van der Waals surface area (Å²) in [6, 6.07) is 19.8. The molecule has 0 aliphatic heterocycles. The molecule has 0 aliphatic carbocycles. The number of halogens is 1. The van der Waals surface area contributed by atoms with Gasteiger partial charge in [-0.05, 0) is 42.7 Å². The number of nitrogens with zero attached hydrogens (tertiary/aromatic N) is 2. The van der Waals surface area contributed by atoms with Crippen molar-refractivity contribution in [2.24, 2.45) is 0 Å². The van der Waals surface area contributed by atoms with E-state index in [1.807, 2.05) is 48.5 Å². The Bertz CT molecular complexity index is 897. The van der Waals surface area contributed by atoms with E-state index >= 15 is 0 Å². The molecule has 1 N–H and O–H groups in total. The normalized spacial score (nSPS) is 10.5. The number of carbonyl (C=O) groups is 1. The molecule has 4 nitrogen and oxygen atoms in total. The number of aromatic nitrogens is 1. The van der Waals surface area contributed by atoms with Gasteiger partial charge in [-0.3, -0.25) is 9.78 Å². The van der Waals surface area contributed by atoms with Crippen molar-refractivity contribution in [2.45, 2.75) is 19.9 Å². The van der Waals surface area contributed by atoms with Gasteiger partial charge in [0.2, 0.25) is 0 Å². The van der Waals surface area contributed by atoms with E-state index in [4.69, 9.17) is 11.6 Å². The average molecular weight is 394 g/mol. The topological polar surface area (TPSA) is 45.2 Å². The molecular formula is C23H24ClN3O. The Kier molecular flexibility index (Phi) is 7.04. The zero-order chi connectivity index (χ0) is 19.8.